The number of nitrogens with two attached hydrogens (primary N) is 1. The Morgan fingerprint density at radius 3 is 2.90 bits per heavy atom. The molecule has 0 saturated heterocycles. The number of hydrogen-bond acceptors (Lipinski definition) is 7. The van der Waals surface area contributed by atoms with E-state index in [-0.39, 0.29) is 33.7 Å². The first kappa shape index (κ1) is 14.5. The first-order valence-electron chi connectivity index (χ1n) is 5.44. The highest BCUT2D eigenvalue weighted by atomic mass is 35.5. The van der Waals surface area contributed by atoms with Crippen molar-refractivity contribution in [3.05, 3.63) is 51.2 Å². The molecule has 1 aromatic carbocycles. The van der Waals surface area contributed by atoms with Gasteiger partial charge < -0.3 is 15.7 Å². The molecule has 0 atom stereocenters. The van der Waals surface area contributed by atoms with E-state index in [1.807, 2.05) is 0 Å². The summed E-state index contributed by atoms with van der Waals surface area (Å²) in [5.41, 5.74) is 5.29. The summed E-state index contributed by atoms with van der Waals surface area (Å²) in [5.74, 6) is -0.567. The molecule has 3 N–H and O–H groups in total. The van der Waals surface area contributed by atoms with Gasteiger partial charge in [-0.3, -0.25) is 10.1 Å². The zero-order valence-electron chi connectivity index (χ0n) is 10.3. The standard InChI is InChI=1S/C11H8ClN5O4/c12-6-1-2-8(17(19)20)9(5-6)21-11-7(10(13)16-18)3-4-14-15-11/h1-5,18H,(H2,13,16). The predicted octanol–water partition coefficient (Wildman–Crippen LogP) is 1.92. The van der Waals surface area contributed by atoms with Crippen molar-refractivity contribution in [2.75, 3.05) is 0 Å². The van der Waals surface area contributed by atoms with E-state index >= 15 is 0 Å². The first-order valence-corrected chi connectivity index (χ1v) is 5.82. The number of benzene rings is 1. The fourth-order valence-corrected chi connectivity index (χ4v) is 1.63. The average Bonchev–Trinajstić information content (AvgIpc) is 2.47. The number of nitro benzene ring substituents is 1. The minimum atomic E-state index is -0.634. The van der Waals surface area contributed by atoms with Gasteiger partial charge in [0.2, 0.25) is 11.6 Å². The number of hydrogen-bond donors (Lipinski definition) is 2. The Bertz CT molecular complexity index is 722. The van der Waals surface area contributed by atoms with Crippen LogP contribution in [0.15, 0.2) is 35.6 Å². The molecular formula is C11H8ClN5O4. The normalized spacial score (nSPS) is 11.2. The van der Waals surface area contributed by atoms with Gasteiger partial charge in [-0.2, -0.15) is 5.10 Å². The van der Waals surface area contributed by atoms with E-state index in [0.29, 0.717) is 0 Å². The van der Waals surface area contributed by atoms with Gasteiger partial charge in [0.05, 0.1) is 16.7 Å². The zero-order chi connectivity index (χ0) is 15.4. The van der Waals surface area contributed by atoms with E-state index in [2.05, 4.69) is 15.4 Å². The molecule has 108 valence electrons. The Labute approximate surface area is 122 Å². The molecular weight excluding hydrogens is 302 g/mol. The zero-order valence-corrected chi connectivity index (χ0v) is 11.1. The molecule has 10 heteroatoms. The van der Waals surface area contributed by atoms with Crippen LogP contribution in [0.2, 0.25) is 5.02 Å². The maximum atomic E-state index is 11.0. The van der Waals surface area contributed by atoms with Gasteiger partial charge in [-0.1, -0.05) is 16.8 Å². The second kappa shape index (κ2) is 6.01. The topological polar surface area (TPSA) is 137 Å². The van der Waals surface area contributed by atoms with E-state index in [1.54, 1.807) is 0 Å². The molecule has 0 amide bonds. The van der Waals surface area contributed by atoms with Gasteiger partial charge in [0.25, 0.3) is 0 Å². The number of oxime groups is 1. The molecule has 0 radical (unpaired) electrons. The molecule has 9 nitrogen and oxygen atoms in total. The highest BCUT2D eigenvalue weighted by Crippen LogP contribution is 2.33. The third kappa shape index (κ3) is 3.15. The summed E-state index contributed by atoms with van der Waals surface area (Å²) < 4.78 is 5.33. The van der Waals surface area contributed by atoms with Gasteiger partial charge in [-0.05, 0) is 12.1 Å². The van der Waals surface area contributed by atoms with Gasteiger partial charge in [0.15, 0.2) is 5.84 Å². The maximum absolute atomic E-state index is 11.0. The quantitative estimate of drug-likeness (QED) is 0.289. The lowest BCUT2D eigenvalue weighted by Crippen LogP contribution is -2.15. The van der Waals surface area contributed by atoms with E-state index in [0.717, 1.165) is 0 Å². The minimum Gasteiger partial charge on any atom is -0.430 e. The number of amidine groups is 1. The molecule has 1 heterocycles. The highest BCUT2D eigenvalue weighted by molar-refractivity contribution is 6.30. The van der Waals surface area contributed by atoms with Crippen LogP contribution in [0.3, 0.4) is 0 Å². The van der Waals surface area contributed by atoms with Crippen molar-refractivity contribution < 1.29 is 14.9 Å². The van der Waals surface area contributed by atoms with Gasteiger partial charge in [0.1, 0.15) is 0 Å². The SMILES string of the molecule is N/C(=N/O)c1ccnnc1Oc1cc(Cl)ccc1[N+](=O)[O-]. The molecule has 21 heavy (non-hydrogen) atoms. The fraction of sp³-hybridized carbons (Fsp3) is 0. The summed E-state index contributed by atoms with van der Waals surface area (Å²) in [6.45, 7) is 0. The van der Waals surface area contributed by atoms with Crippen molar-refractivity contribution in [2.45, 2.75) is 0 Å². The summed E-state index contributed by atoms with van der Waals surface area (Å²) in [6, 6.07) is 5.18. The van der Waals surface area contributed by atoms with Crippen LogP contribution in [0.25, 0.3) is 0 Å². The van der Waals surface area contributed by atoms with Crippen LogP contribution in [0, 0.1) is 10.1 Å². The molecule has 0 aliphatic carbocycles. The lowest BCUT2D eigenvalue weighted by atomic mass is 10.2. The first-order chi connectivity index (χ1) is 10.0. The molecule has 2 rings (SSSR count). The van der Waals surface area contributed by atoms with Crippen LogP contribution in [0.1, 0.15) is 5.56 Å². The molecule has 0 aliphatic rings. The van der Waals surface area contributed by atoms with Crippen molar-refractivity contribution in [1.29, 1.82) is 0 Å². The van der Waals surface area contributed by atoms with E-state index in [4.69, 9.17) is 27.3 Å². The third-order valence-corrected chi connectivity index (χ3v) is 2.63. The monoisotopic (exact) mass is 309 g/mol. The summed E-state index contributed by atoms with van der Waals surface area (Å²) >= 11 is 5.79. The van der Waals surface area contributed by atoms with Gasteiger partial charge in [-0.15, -0.1) is 5.10 Å². The van der Waals surface area contributed by atoms with Crippen LogP contribution in [0.5, 0.6) is 11.6 Å². The number of nitrogens with zero attached hydrogens (tertiary/aromatic N) is 4. The number of rotatable bonds is 4. The minimum absolute atomic E-state index is 0.127. The lowest BCUT2D eigenvalue weighted by molar-refractivity contribution is -0.385. The van der Waals surface area contributed by atoms with Gasteiger partial charge in [0, 0.05) is 17.2 Å². The fourth-order valence-electron chi connectivity index (χ4n) is 1.47. The Morgan fingerprint density at radius 2 is 2.24 bits per heavy atom. The predicted molar refractivity (Wildman–Crippen MR) is 72.7 cm³/mol. The Hall–Kier alpha value is -2.94. The van der Waals surface area contributed by atoms with Crippen LogP contribution in [0.4, 0.5) is 5.69 Å². The van der Waals surface area contributed by atoms with Crippen molar-refractivity contribution in [2.24, 2.45) is 10.9 Å². The second-order valence-electron chi connectivity index (χ2n) is 3.71. The summed E-state index contributed by atoms with van der Waals surface area (Å²) in [6.07, 6.45) is 1.30. The number of halogens is 1. The summed E-state index contributed by atoms with van der Waals surface area (Å²) in [4.78, 5) is 10.3. The highest BCUT2D eigenvalue weighted by Gasteiger charge is 2.19. The Kier molecular flexibility index (Phi) is 4.14. The van der Waals surface area contributed by atoms with Crippen molar-refractivity contribution in [3.8, 4) is 11.6 Å². The average molecular weight is 310 g/mol. The molecule has 0 aliphatic heterocycles. The Balaban J connectivity index is 2.48. The molecule has 0 fully saturated rings. The van der Waals surface area contributed by atoms with Gasteiger partial charge >= 0.3 is 5.69 Å². The molecule has 1 aromatic heterocycles. The number of aromatic nitrogens is 2. The van der Waals surface area contributed by atoms with E-state index in [1.165, 1.54) is 30.5 Å². The van der Waals surface area contributed by atoms with Crippen molar-refractivity contribution in [3.63, 3.8) is 0 Å². The van der Waals surface area contributed by atoms with Crippen LogP contribution < -0.4 is 10.5 Å². The summed E-state index contributed by atoms with van der Waals surface area (Å²) in [5, 5.41) is 30.0. The molecule has 0 saturated carbocycles. The number of nitro groups is 1. The van der Waals surface area contributed by atoms with Crippen LogP contribution in [-0.4, -0.2) is 26.2 Å². The number of ether oxygens (including phenoxy) is 1. The van der Waals surface area contributed by atoms with Crippen LogP contribution in [-0.2, 0) is 0 Å². The molecule has 2 aromatic rings. The Morgan fingerprint density at radius 1 is 1.48 bits per heavy atom. The second-order valence-corrected chi connectivity index (χ2v) is 4.14. The third-order valence-electron chi connectivity index (χ3n) is 2.40. The van der Waals surface area contributed by atoms with Gasteiger partial charge in [-0.25, -0.2) is 0 Å². The lowest BCUT2D eigenvalue weighted by Gasteiger charge is -2.08. The molecule has 0 bridgehead atoms. The molecule has 0 unspecified atom stereocenters. The summed E-state index contributed by atoms with van der Waals surface area (Å²) in [7, 11) is 0. The maximum Gasteiger partial charge on any atom is 0.311 e. The van der Waals surface area contributed by atoms with E-state index < -0.39 is 4.92 Å². The van der Waals surface area contributed by atoms with Crippen LogP contribution >= 0.6 is 11.6 Å². The molecule has 0 spiro atoms. The van der Waals surface area contributed by atoms with E-state index in [9.17, 15) is 10.1 Å². The van der Waals surface area contributed by atoms with Crippen molar-refractivity contribution in [1.82, 2.24) is 10.2 Å². The smallest absolute Gasteiger partial charge is 0.311 e. The largest absolute Gasteiger partial charge is 0.430 e. The van der Waals surface area contributed by atoms with Crippen molar-refractivity contribution >= 4 is 23.1 Å².